The molecule has 1 saturated heterocycles. The van der Waals surface area contributed by atoms with E-state index >= 15 is 0 Å². The number of anilines is 1. The number of hydrogen-bond acceptors (Lipinski definition) is 7. The summed E-state index contributed by atoms with van der Waals surface area (Å²) in [6.07, 6.45) is 5.88. The molecule has 0 spiro atoms. The molecule has 0 radical (unpaired) electrons. The summed E-state index contributed by atoms with van der Waals surface area (Å²) in [6, 6.07) is 12.0. The van der Waals surface area contributed by atoms with Gasteiger partial charge in [0.2, 0.25) is 0 Å². The van der Waals surface area contributed by atoms with Gasteiger partial charge in [0.15, 0.2) is 0 Å². The molecule has 2 fully saturated rings. The number of fused-ring (bicyclic) bond motifs is 1. The normalized spacial score (nSPS) is 24.1. The first kappa shape index (κ1) is 27.3. The lowest BCUT2D eigenvalue weighted by Crippen LogP contribution is -2.38. The Labute approximate surface area is 232 Å². The van der Waals surface area contributed by atoms with E-state index in [4.69, 9.17) is 21.1 Å². The highest BCUT2D eigenvalue weighted by molar-refractivity contribution is 7.13. The number of carbonyl (C=O) groups is 1. The van der Waals surface area contributed by atoms with E-state index in [0.717, 1.165) is 73.4 Å². The number of nitrogens with zero attached hydrogens (tertiary/aromatic N) is 2. The minimum Gasteiger partial charge on any atom is -0.460 e. The highest BCUT2D eigenvalue weighted by atomic mass is 35.5. The maximum Gasteiger partial charge on any atom is 0.348 e. The van der Waals surface area contributed by atoms with Crippen molar-refractivity contribution in [3.8, 4) is 0 Å². The molecule has 1 aromatic carbocycles. The summed E-state index contributed by atoms with van der Waals surface area (Å²) in [7, 11) is 0. The van der Waals surface area contributed by atoms with Gasteiger partial charge in [0.05, 0.1) is 18.6 Å². The summed E-state index contributed by atoms with van der Waals surface area (Å²) in [5.74, 6) is 0.0426. The number of aromatic nitrogens is 1. The predicted octanol–water partition coefficient (Wildman–Crippen LogP) is 5.80. The summed E-state index contributed by atoms with van der Waals surface area (Å²) in [4.78, 5) is 20.6. The highest BCUT2D eigenvalue weighted by Crippen LogP contribution is 2.41. The number of ether oxygens (including phenoxy) is 2. The van der Waals surface area contributed by atoms with Crippen molar-refractivity contribution in [2.24, 2.45) is 11.8 Å². The molecule has 1 saturated carbocycles. The van der Waals surface area contributed by atoms with Gasteiger partial charge in [0.1, 0.15) is 17.7 Å². The summed E-state index contributed by atoms with van der Waals surface area (Å²) >= 11 is 8.02. The van der Waals surface area contributed by atoms with Gasteiger partial charge in [-0.3, -0.25) is 9.88 Å². The second-order valence-corrected chi connectivity index (χ2v) is 11.9. The van der Waals surface area contributed by atoms with Gasteiger partial charge in [-0.25, -0.2) is 9.18 Å². The van der Waals surface area contributed by atoms with Gasteiger partial charge in [0.25, 0.3) is 0 Å². The molecule has 204 valence electrons. The average Bonchev–Trinajstić information content (AvgIpc) is 3.52. The number of rotatable bonds is 11. The number of nitrogens with one attached hydrogen (secondary N) is 1. The van der Waals surface area contributed by atoms with Crippen molar-refractivity contribution < 1.29 is 18.7 Å². The highest BCUT2D eigenvalue weighted by Gasteiger charge is 2.41. The first-order chi connectivity index (χ1) is 18.6. The number of carbonyl (C=O) groups excluding carboxylic acids is 1. The van der Waals surface area contributed by atoms with E-state index in [-0.39, 0.29) is 17.8 Å². The van der Waals surface area contributed by atoms with E-state index < -0.39 is 11.5 Å². The van der Waals surface area contributed by atoms with Crippen LogP contribution < -0.4 is 5.32 Å². The van der Waals surface area contributed by atoms with Gasteiger partial charge in [-0.05, 0) is 73.2 Å². The number of thiophene rings is 1. The molecule has 4 atom stereocenters. The number of halogens is 2. The van der Waals surface area contributed by atoms with Crippen molar-refractivity contribution in [3.63, 3.8) is 0 Å². The molecular formula is C29H35ClFN3O3S. The largest absolute Gasteiger partial charge is 0.460 e. The Morgan fingerprint density at radius 1 is 1.21 bits per heavy atom. The molecule has 6 nitrogen and oxygen atoms in total. The fourth-order valence-corrected chi connectivity index (χ4v) is 6.83. The van der Waals surface area contributed by atoms with Crippen LogP contribution >= 0.6 is 22.9 Å². The molecular weight excluding hydrogens is 525 g/mol. The third-order valence-corrected chi connectivity index (χ3v) is 9.40. The van der Waals surface area contributed by atoms with Crippen molar-refractivity contribution in [3.05, 3.63) is 58.5 Å². The Balaban J connectivity index is 1.07. The van der Waals surface area contributed by atoms with Crippen LogP contribution in [0.5, 0.6) is 0 Å². The predicted molar refractivity (Wildman–Crippen MR) is 151 cm³/mol. The Hall–Kier alpha value is -2.26. The number of aryl methyl sites for hydroxylation is 1. The van der Waals surface area contributed by atoms with Crippen LogP contribution in [0.4, 0.5) is 10.1 Å². The van der Waals surface area contributed by atoms with E-state index in [1.165, 1.54) is 11.3 Å². The van der Waals surface area contributed by atoms with Crippen molar-refractivity contribution in [2.45, 2.75) is 37.2 Å². The molecule has 1 aliphatic carbocycles. The van der Waals surface area contributed by atoms with Gasteiger partial charge < -0.3 is 14.8 Å². The summed E-state index contributed by atoms with van der Waals surface area (Å²) in [5, 5.41) is 5.23. The van der Waals surface area contributed by atoms with E-state index in [2.05, 4.69) is 21.3 Å². The molecule has 9 heteroatoms. The van der Waals surface area contributed by atoms with Crippen molar-refractivity contribution in [2.75, 3.05) is 51.3 Å². The Morgan fingerprint density at radius 2 is 2.08 bits per heavy atom. The molecule has 0 bridgehead atoms. The van der Waals surface area contributed by atoms with Gasteiger partial charge in [-0.1, -0.05) is 6.07 Å². The lowest BCUT2D eigenvalue weighted by Gasteiger charge is -2.26. The second kappa shape index (κ2) is 13.2. The molecule has 2 aromatic heterocycles. The number of alkyl halides is 2. The summed E-state index contributed by atoms with van der Waals surface area (Å²) < 4.78 is 25.4. The third-order valence-electron chi connectivity index (χ3n) is 7.68. The molecule has 5 rings (SSSR count). The van der Waals surface area contributed by atoms with Crippen LogP contribution in [0, 0.1) is 11.8 Å². The van der Waals surface area contributed by atoms with Crippen molar-refractivity contribution in [1.29, 1.82) is 0 Å². The first-order valence-corrected chi connectivity index (χ1v) is 14.7. The standard InChI is InChI=1S/C29H35ClFN3O3S/c30-28-25(19-33-23-5-4-22-18-32-9-8-20(22)16-23)21(17-26(28)31)2-1-3-24-6-7-27(38-24)29(35)37-15-12-34-10-13-36-14-11-34/h4-9,16,18,21,25-26,28,33H,1-3,10-15,17,19H2/t21-,25+,26?,28?/m0/s1. The number of esters is 1. The number of morpholine rings is 1. The topological polar surface area (TPSA) is 63.7 Å². The van der Waals surface area contributed by atoms with Crippen LogP contribution in [0.2, 0.25) is 0 Å². The molecule has 38 heavy (non-hydrogen) atoms. The van der Waals surface area contributed by atoms with Crippen LogP contribution in [0.3, 0.4) is 0 Å². The molecule has 1 aliphatic heterocycles. The minimum absolute atomic E-state index is 0.0696. The van der Waals surface area contributed by atoms with E-state index in [9.17, 15) is 9.18 Å². The van der Waals surface area contributed by atoms with Crippen LogP contribution in [0.15, 0.2) is 48.8 Å². The Kier molecular flexibility index (Phi) is 9.49. The minimum atomic E-state index is -0.975. The number of hydrogen-bond donors (Lipinski definition) is 1. The van der Waals surface area contributed by atoms with E-state index in [0.29, 0.717) is 24.4 Å². The zero-order chi connectivity index (χ0) is 26.3. The summed E-state index contributed by atoms with van der Waals surface area (Å²) in [5.41, 5.74) is 1.01. The van der Waals surface area contributed by atoms with Gasteiger partial charge >= 0.3 is 5.97 Å². The lowest BCUT2D eigenvalue weighted by atomic mass is 9.90. The fourth-order valence-electron chi connectivity index (χ4n) is 5.49. The molecule has 2 unspecified atom stereocenters. The van der Waals surface area contributed by atoms with Crippen molar-refractivity contribution >= 4 is 45.4 Å². The number of benzene rings is 1. The lowest BCUT2D eigenvalue weighted by molar-refractivity contribution is 0.0197. The molecule has 1 N–H and O–H groups in total. The molecule has 0 amide bonds. The fraction of sp³-hybridized carbons (Fsp3) is 0.517. The van der Waals surface area contributed by atoms with Crippen molar-refractivity contribution in [1.82, 2.24) is 9.88 Å². The molecule has 3 heterocycles. The monoisotopic (exact) mass is 559 g/mol. The van der Waals surface area contributed by atoms with Crippen LogP contribution in [-0.4, -0.2) is 73.4 Å². The van der Waals surface area contributed by atoms with E-state index in [1.807, 2.05) is 36.5 Å². The van der Waals surface area contributed by atoms with Gasteiger partial charge in [0, 0.05) is 54.5 Å². The molecule has 2 aliphatic rings. The summed E-state index contributed by atoms with van der Waals surface area (Å²) in [6.45, 7) is 5.01. The maximum atomic E-state index is 14.6. The van der Waals surface area contributed by atoms with E-state index in [1.54, 1.807) is 6.20 Å². The average molecular weight is 560 g/mol. The van der Waals surface area contributed by atoms with Crippen LogP contribution in [0.25, 0.3) is 10.8 Å². The third kappa shape index (κ3) is 7.03. The second-order valence-electron chi connectivity index (χ2n) is 10.2. The maximum absolute atomic E-state index is 14.6. The first-order valence-electron chi connectivity index (χ1n) is 13.5. The SMILES string of the molecule is O=C(OCCN1CCOCC1)c1ccc(CCC[C@H]2CC(F)C(Cl)[C@@H]2CNc2ccc3cnccc3c2)s1. The zero-order valence-electron chi connectivity index (χ0n) is 21.5. The van der Waals surface area contributed by atoms with Gasteiger partial charge in [-0.15, -0.1) is 22.9 Å². The van der Waals surface area contributed by atoms with Gasteiger partial charge in [-0.2, -0.15) is 0 Å². The smallest absolute Gasteiger partial charge is 0.348 e. The number of pyridine rings is 1. The Morgan fingerprint density at radius 3 is 2.95 bits per heavy atom. The van der Waals surface area contributed by atoms with Crippen LogP contribution in [0.1, 0.15) is 33.8 Å². The Bertz CT molecular complexity index is 1200. The quantitative estimate of drug-likeness (QED) is 0.236. The molecule has 3 aromatic rings. The van der Waals surface area contributed by atoms with Crippen LogP contribution in [-0.2, 0) is 15.9 Å². The zero-order valence-corrected chi connectivity index (χ0v) is 23.1.